The lowest BCUT2D eigenvalue weighted by Crippen LogP contribution is -2.44. The molecule has 0 saturated carbocycles. The molecule has 40 heavy (non-hydrogen) atoms. The average molecular weight is 586 g/mol. The number of ether oxygens (including phenoxy) is 1. The molecule has 3 aromatic rings. The molecule has 10 N–H and O–H groups in total. The number of cyclic esters (lactones) is 1. The van der Waals surface area contributed by atoms with Crippen molar-refractivity contribution < 1.29 is 48.4 Å². The summed E-state index contributed by atoms with van der Waals surface area (Å²) in [5.74, 6) is -1.08. The van der Waals surface area contributed by atoms with Gasteiger partial charge in [-0.05, 0) is 48.9 Å². The molecule has 2 aliphatic heterocycles. The van der Waals surface area contributed by atoms with Crippen LogP contribution in [0.1, 0.15) is 59.2 Å². The molecular weight excluding hydrogens is 553 g/mol. The molecule has 0 spiro atoms. The van der Waals surface area contributed by atoms with E-state index in [2.05, 4.69) is 0 Å². The zero-order valence-electron chi connectivity index (χ0n) is 22.0. The van der Waals surface area contributed by atoms with Gasteiger partial charge in [-0.1, -0.05) is 6.92 Å². The molecule has 220 valence electrons. The number of benzene rings is 1. The fourth-order valence-electron chi connectivity index (χ4n) is 5.59. The second kappa shape index (κ2) is 10.9. The van der Waals surface area contributed by atoms with Crippen LogP contribution in [0.3, 0.4) is 0 Å². The van der Waals surface area contributed by atoms with Gasteiger partial charge in [0.25, 0.3) is 15.7 Å². The van der Waals surface area contributed by atoms with Gasteiger partial charge in [0.1, 0.15) is 12.4 Å². The quantitative estimate of drug-likeness (QED) is 0.192. The number of fused-ring (bicyclic) bond motifs is 5. The Morgan fingerprint density at radius 3 is 2.42 bits per heavy atom. The van der Waals surface area contributed by atoms with Crippen LogP contribution in [0, 0.1) is 12.7 Å². The number of hydrogen-bond acceptors (Lipinski definition) is 8. The van der Waals surface area contributed by atoms with Gasteiger partial charge in [-0.3, -0.25) is 9.35 Å². The fourth-order valence-corrected chi connectivity index (χ4v) is 5.59. The molecule has 2 aromatic heterocycles. The van der Waals surface area contributed by atoms with Crippen molar-refractivity contribution in [2.24, 2.45) is 5.73 Å². The minimum Gasteiger partial charge on any atom is -0.458 e. The summed E-state index contributed by atoms with van der Waals surface area (Å²) in [6.07, 6.45) is 2.15. The number of hydrogen-bond donors (Lipinski definition) is 3. The van der Waals surface area contributed by atoms with Gasteiger partial charge >= 0.3 is 5.97 Å². The zero-order valence-corrected chi connectivity index (χ0v) is 22.8. The second-order valence-corrected chi connectivity index (χ2v) is 11.2. The first-order chi connectivity index (χ1) is 17.3. The number of esters is 1. The Labute approximate surface area is 228 Å². The van der Waals surface area contributed by atoms with Crippen molar-refractivity contribution in [3.05, 3.63) is 61.7 Å². The Hall–Kier alpha value is -3.31. The van der Waals surface area contributed by atoms with Gasteiger partial charge in [0.15, 0.2) is 5.60 Å². The van der Waals surface area contributed by atoms with E-state index >= 15 is 0 Å². The molecule has 4 heterocycles. The summed E-state index contributed by atoms with van der Waals surface area (Å²) in [5.41, 5.74) is 9.72. The molecule has 6 rings (SSSR count). The smallest absolute Gasteiger partial charge is 0.343 e. The molecule has 1 aromatic carbocycles. The number of carbonyl (C=O) groups is 1. The molecular formula is C25H32FN3O10S. The number of nitrogens with zero attached hydrogens (tertiary/aromatic N) is 2. The summed E-state index contributed by atoms with van der Waals surface area (Å²) in [6, 6.07) is 2.84. The maximum absolute atomic E-state index is 14.7. The lowest BCUT2D eigenvalue weighted by atomic mass is 9.82. The summed E-state index contributed by atoms with van der Waals surface area (Å²) in [5, 5.41) is 11.9. The van der Waals surface area contributed by atoms with Crippen molar-refractivity contribution in [1.29, 1.82) is 0 Å². The van der Waals surface area contributed by atoms with Gasteiger partial charge < -0.3 is 36.6 Å². The first kappa shape index (κ1) is 32.9. The van der Waals surface area contributed by atoms with Crippen molar-refractivity contribution in [3.63, 3.8) is 0 Å². The first-order valence-corrected chi connectivity index (χ1v) is 13.6. The van der Waals surface area contributed by atoms with E-state index in [9.17, 15) is 27.5 Å². The summed E-state index contributed by atoms with van der Waals surface area (Å²) < 4.78 is 47.2. The van der Waals surface area contributed by atoms with E-state index in [-0.39, 0.29) is 64.5 Å². The number of aliphatic hydroxyl groups is 1. The Morgan fingerprint density at radius 2 is 1.82 bits per heavy atom. The van der Waals surface area contributed by atoms with Crippen LogP contribution in [-0.2, 0) is 44.8 Å². The largest absolute Gasteiger partial charge is 0.458 e. The Balaban J connectivity index is 0.000000648. The van der Waals surface area contributed by atoms with Gasteiger partial charge in [0.2, 0.25) is 0 Å². The summed E-state index contributed by atoms with van der Waals surface area (Å²) >= 11 is 0. The molecule has 1 aliphatic carbocycles. The third-order valence-electron chi connectivity index (χ3n) is 7.42. The van der Waals surface area contributed by atoms with Crippen LogP contribution in [0.2, 0.25) is 0 Å². The van der Waals surface area contributed by atoms with Gasteiger partial charge in [-0.15, -0.1) is 0 Å². The number of nitrogens with two attached hydrogens (primary N) is 1. The third kappa shape index (κ3) is 4.89. The summed E-state index contributed by atoms with van der Waals surface area (Å²) in [6.45, 7) is 3.55. The molecule has 0 amide bonds. The van der Waals surface area contributed by atoms with Crippen LogP contribution < -0.4 is 11.3 Å². The van der Waals surface area contributed by atoms with Gasteiger partial charge in [0.05, 0.1) is 35.3 Å². The van der Waals surface area contributed by atoms with E-state index in [0.29, 0.717) is 41.6 Å². The predicted octanol–water partition coefficient (Wildman–Crippen LogP) is -0.497. The molecule has 13 nitrogen and oxygen atoms in total. The highest BCUT2D eigenvalue weighted by atomic mass is 32.2. The monoisotopic (exact) mass is 585 g/mol. The molecule has 0 saturated heterocycles. The predicted molar refractivity (Wildman–Crippen MR) is 143 cm³/mol. The Bertz CT molecular complexity index is 1680. The van der Waals surface area contributed by atoms with Crippen LogP contribution in [0.25, 0.3) is 22.3 Å². The fraction of sp³-hybridized carbons (Fsp3) is 0.400. The van der Waals surface area contributed by atoms with Crippen molar-refractivity contribution >= 4 is 27.0 Å². The van der Waals surface area contributed by atoms with E-state index in [4.69, 9.17) is 20.0 Å². The third-order valence-corrected chi connectivity index (χ3v) is 7.42. The van der Waals surface area contributed by atoms with E-state index in [1.165, 1.54) is 6.07 Å². The van der Waals surface area contributed by atoms with Crippen LogP contribution in [0.4, 0.5) is 4.39 Å². The molecule has 15 heteroatoms. The van der Waals surface area contributed by atoms with Crippen LogP contribution in [-0.4, -0.2) is 56.3 Å². The molecule has 2 atom stereocenters. The van der Waals surface area contributed by atoms with Gasteiger partial charge in [-0.25, -0.2) is 14.2 Å². The van der Waals surface area contributed by atoms with Crippen molar-refractivity contribution in [2.45, 2.75) is 57.9 Å². The Kier molecular flexibility index (Phi) is 8.99. The minimum atomic E-state index is -3.67. The summed E-state index contributed by atoms with van der Waals surface area (Å²) in [4.78, 5) is 30.5. The number of aromatic nitrogens is 2. The lowest BCUT2D eigenvalue weighted by molar-refractivity contribution is -0.172. The number of rotatable bonds is 1. The SMILES string of the molecule is CCC1(O)C(=O)OCc2c1cc1n(c2=O)Cc2c-1nc1cc(F)c(C)c3c1c2C(N)CC3.CS(=O)(=O)O.O.O.O. The molecule has 0 radical (unpaired) electrons. The highest BCUT2D eigenvalue weighted by Crippen LogP contribution is 2.45. The molecule has 2 unspecified atom stereocenters. The van der Waals surface area contributed by atoms with Crippen molar-refractivity contribution in [3.8, 4) is 11.4 Å². The molecule has 3 aliphatic rings. The van der Waals surface area contributed by atoms with Gasteiger partial charge in [0, 0.05) is 28.6 Å². The molecule has 0 fully saturated rings. The number of aryl methyl sites for hydroxylation is 1. The van der Waals surface area contributed by atoms with E-state index in [1.54, 1.807) is 24.5 Å². The number of halogens is 1. The van der Waals surface area contributed by atoms with Gasteiger partial charge in [-0.2, -0.15) is 8.42 Å². The maximum atomic E-state index is 14.7. The van der Waals surface area contributed by atoms with Crippen molar-refractivity contribution in [1.82, 2.24) is 9.55 Å². The number of pyridine rings is 2. The standard InChI is InChI=1S/C24H22FN3O4.CH4O3S.3H2O/c1-3-24(31)14-6-18-21-12(8-28(18)22(29)13(14)9-32-23(24)30)19-16(26)5-4-11-10(2)15(25)7-17(27-21)20(11)19;1-5(2,3)4;;;/h6-7,16,31H,3-5,8-9,26H2,1-2H3;1H3,(H,2,3,4);3*1H2. The van der Waals surface area contributed by atoms with E-state index in [1.807, 2.05) is 0 Å². The van der Waals surface area contributed by atoms with Crippen LogP contribution in [0.5, 0.6) is 0 Å². The van der Waals surface area contributed by atoms with E-state index in [0.717, 1.165) is 22.1 Å². The normalized spacial score (nSPS) is 19.9. The highest BCUT2D eigenvalue weighted by molar-refractivity contribution is 7.85. The van der Waals surface area contributed by atoms with E-state index < -0.39 is 21.7 Å². The second-order valence-electron chi connectivity index (χ2n) is 9.69. The highest BCUT2D eigenvalue weighted by Gasteiger charge is 2.45. The minimum absolute atomic E-state index is 0. The Morgan fingerprint density at radius 1 is 1.20 bits per heavy atom. The van der Waals surface area contributed by atoms with Crippen LogP contribution in [0.15, 0.2) is 16.9 Å². The zero-order chi connectivity index (χ0) is 27.0. The average Bonchev–Trinajstić information content (AvgIpc) is 3.18. The van der Waals surface area contributed by atoms with Crippen LogP contribution >= 0.6 is 0 Å². The first-order valence-electron chi connectivity index (χ1n) is 11.8. The van der Waals surface area contributed by atoms with Crippen molar-refractivity contribution in [2.75, 3.05) is 6.26 Å². The number of carbonyl (C=O) groups excluding carboxylic acids is 1. The molecule has 0 bridgehead atoms. The topological polar surface area (TPSA) is 256 Å². The maximum Gasteiger partial charge on any atom is 0.343 e. The summed E-state index contributed by atoms with van der Waals surface area (Å²) in [7, 11) is -3.67. The lowest BCUT2D eigenvalue weighted by Gasteiger charge is -2.31.